The number of ketones is 1. The molecule has 0 fully saturated rings. The van der Waals surface area contributed by atoms with Gasteiger partial charge < -0.3 is 23.4 Å². The van der Waals surface area contributed by atoms with Crippen LogP contribution in [0, 0.1) is 0 Å². The maximum atomic E-state index is 13.6. The largest absolute Gasteiger partial charge is 0.497 e. The first-order valence-corrected chi connectivity index (χ1v) is 10.1. The van der Waals surface area contributed by atoms with Gasteiger partial charge in [0.25, 0.3) is 0 Å². The van der Waals surface area contributed by atoms with Crippen molar-refractivity contribution in [1.29, 1.82) is 0 Å². The fourth-order valence-electron chi connectivity index (χ4n) is 3.46. The average Bonchev–Trinajstić information content (AvgIpc) is 3.30. The maximum Gasteiger partial charge on any atom is 0.231 e. The molecule has 0 unspecified atom stereocenters. The van der Waals surface area contributed by atoms with Gasteiger partial charge in [0, 0.05) is 5.56 Å². The van der Waals surface area contributed by atoms with Crippen LogP contribution in [0.1, 0.15) is 21.8 Å². The van der Waals surface area contributed by atoms with Crippen LogP contribution in [-0.4, -0.2) is 39.2 Å². The molecule has 1 heterocycles. The molecule has 3 aromatic carbocycles. The van der Waals surface area contributed by atoms with Gasteiger partial charge in [-0.1, -0.05) is 12.1 Å². The molecule has 0 atom stereocenters. The fourth-order valence-corrected chi connectivity index (χ4v) is 3.46. The lowest BCUT2D eigenvalue weighted by molar-refractivity contribution is 0.105. The van der Waals surface area contributed by atoms with E-state index in [2.05, 4.69) is 4.98 Å². The Bertz CT molecular complexity index is 1260. The standard InChI is InChI=1S/C26H23NO6/c1-29-18-11-9-17(10-12-18)24(28)19(26-27-20-7-5-6-8-21(20)33-26)13-16-14-22(30-2)25(32-4)23(15-16)31-3/h5-15H,1-4H3. The zero-order chi connectivity index (χ0) is 23.4. The summed E-state index contributed by atoms with van der Waals surface area (Å²) in [6, 6.07) is 17.7. The third kappa shape index (κ3) is 4.39. The van der Waals surface area contributed by atoms with E-state index in [1.807, 2.05) is 18.2 Å². The van der Waals surface area contributed by atoms with Gasteiger partial charge in [-0.05, 0) is 60.2 Å². The molecule has 7 heteroatoms. The topological polar surface area (TPSA) is 80.0 Å². The number of hydrogen-bond acceptors (Lipinski definition) is 7. The van der Waals surface area contributed by atoms with Gasteiger partial charge in [0.05, 0.1) is 34.0 Å². The maximum absolute atomic E-state index is 13.6. The monoisotopic (exact) mass is 445 g/mol. The molecule has 0 saturated heterocycles. The van der Waals surface area contributed by atoms with Crippen molar-refractivity contribution >= 4 is 28.5 Å². The minimum atomic E-state index is -0.252. The lowest BCUT2D eigenvalue weighted by Gasteiger charge is -2.13. The number of methoxy groups -OCH3 is 4. The van der Waals surface area contributed by atoms with Crippen LogP contribution < -0.4 is 18.9 Å². The van der Waals surface area contributed by atoms with Crippen LogP contribution in [0.25, 0.3) is 22.7 Å². The molecule has 0 radical (unpaired) electrons. The summed E-state index contributed by atoms with van der Waals surface area (Å²) in [5.41, 5.74) is 2.66. The minimum absolute atomic E-state index is 0.214. The number of carbonyl (C=O) groups is 1. The van der Waals surface area contributed by atoms with Gasteiger partial charge in [0.15, 0.2) is 22.9 Å². The molecule has 0 aliphatic heterocycles. The fraction of sp³-hybridized carbons (Fsp3) is 0.154. The summed E-state index contributed by atoms with van der Waals surface area (Å²) in [5, 5.41) is 0. The van der Waals surface area contributed by atoms with Crippen LogP contribution in [0.3, 0.4) is 0 Å². The van der Waals surface area contributed by atoms with Crippen molar-refractivity contribution in [3.63, 3.8) is 0 Å². The predicted octanol–water partition coefficient (Wildman–Crippen LogP) is 5.29. The van der Waals surface area contributed by atoms with E-state index in [0.29, 0.717) is 45.2 Å². The zero-order valence-corrected chi connectivity index (χ0v) is 18.7. The zero-order valence-electron chi connectivity index (χ0n) is 18.7. The highest BCUT2D eigenvalue weighted by atomic mass is 16.5. The van der Waals surface area contributed by atoms with Gasteiger partial charge in [0.2, 0.25) is 11.6 Å². The van der Waals surface area contributed by atoms with E-state index >= 15 is 0 Å². The molecular weight excluding hydrogens is 422 g/mol. The van der Waals surface area contributed by atoms with Crippen LogP contribution in [0.5, 0.6) is 23.0 Å². The lowest BCUT2D eigenvalue weighted by atomic mass is 10.00. The van der Waals surface area contributed by atoms with E-state index in [-0.39, 0.29) is 17.2 Å². The second-order valence-corrected chi connectivity index (χ2v) is 7.06. The predicted molar refractivity (Wildman–Crippen MR) is 125 cm³/mol. The number of fused-ring (bicyclic) bond motifs is 1. The van der Waals surface area contributed by atoms with E-state index < -0.39 is 0 Å². The van der Waals surface area contributed by atoms with Crippen molar-refractivity contribution in [2.24, 2.45) is 0 Å². The summed E-state index contributed by atoms with van der Waals surface area (Å²) in [5.74, 6) is 2.02. The molecule has 4 rings (SSSR count). The van der Waals surface area contributed by atoms with E-state index in [1.165, 1.54) is 21.3 Å². The van der Waals surface area contributed by atoms with Crippen molar-refractivity contribution in [3.8, 4) is 23.0 Å². The number of allylic oxidation sites excluding steroid dienone is 1. The minimum Gasteiger partial charge on any atom is -0.497 e. The molecule has 7 nitrogen and oxygen atoms in total. The van der Waals surface area contributed by atoms with Crippen LogP contribution >= 0.6 is 0 Å². The first kappa shape index (κ1) is 22.0. The molecule has 0 bridgehead atoms. The second kappa shape index (κ2) is 9.48. The summed E-state index contributed by atoms with van der Waals surface area (Å²) in [6.07, 6.45) is 1.70. The Morgan fingerprint density at radius 1 is 0.848 bits per heavy atom. The second-order valence-electron chi connectivity index (χ2n) is 7.06. The van der Waals surface area contributed by atoms with Gasteiger partial charge in [0.1, 0.15) is 11.3 Å². The van der Waals surface area contributed by atoms with E-state index in [0.717, 1.165) is 0 Å². The average molecular weight is 445 g/mol. The van der Waals surface area contributed by atoms with Crippen LogP contribution in [0.2, 0.25) is 0 Å². The first-order chi connectivity index (χ1) is 16.1. The highest BCUT2D eigenvalue weighted by molar-refractivity contribution is 6.31. The number of nitrogens with zero attached hydrogens (tertiary/aromatic N) is 1. The van der Waals surface area contributed by atoms with E-state index in [9.17, 15) is 4.79 Å². The van der Waals surface area contributed by atoms with Crippen LogP contribution in [-0.2, 0) is 0 Å². The Morgan fingerprint density at radius 2 is 1.52 bits per heavy atom. The number of rotatable bonds is 8. The molecule has 0 N–H and O–H groups in total. The highest BCUT2D eigenvalue weighted by Gasteiger charge is 2.21. The molecule has 0 amide bonds. The van der Waals surface area contributed by atoms with Gasteiger partial charge in [-0.25, -0.2) is 4.98 Å². The molecule has 168 valence electrons. The number of para-hydroxylation sites is 2. The molecule has 4 aromatic rings. The van der Waals surface area contributed by atoms with Crippen molar-refractivity contribution in [2.75, 3.05) is 28.4 Å². The summed E-state index contributed by atoms with van der Waals surface area (Å²) < 4.78 is 27.4. The van der Waals surface area contributed by atoms with Crippen LogP contribution in [0.15, 0.2) is 65.1 Å². The molecule has 0 spiro atoms. The molecule has 33 heavy (non-hydrogen) atoms. The number of benzene rings is 3. The molecule has 0 aliphatic carbocycles. The molecule has 0 aliphatic rings. The van der Waals surface area contributed by atoms with Gasteiger partial charge in [-0.3, -0.25) is 4.79 Å². The van der Waals surface area contributed by atoms with Crippen molar-refractivity contribution in [3.05, 3.63) is 77.7 Å². The Kier molecular flexibility index (Phi) is 6.31. The highest BCUT2D eigenvalue weighted by Crippen LogP contribution is 2.39. The number of Topliss-reactive ketones (excluding diaryl/α,β-unsaturated/α-hetero) is 1. The Balaban J connectivity index is 1.88. The summed E-state index contributed by atoms with van der Waals surface area (Å²) >= 11 is 0. The number of hydrogen-bond donors (Lipinski definition) is 0. The van der Waals surface area contributed by atoms with Gasteiger partial charge in [-0.15, -0.1) is 0 Å². The quantitative estimate of drug-likeness (QED) is 0.269. The Morgan fingerprint density at radius 3 is 2.09 bits per heavy atom. The Hall–Kier alpha value is -4.26. The summed E-state index contributed by atoms with van der Waals surface area (Å²) in [4.78, 5) is 18.1. The summed E-state index contributed by atoms with van der Waals surface area (Å²) in [7, 11) is 6.18. The van der Waals surface area contributed by atoms with E-state index in [1.54, 1.807) is 55.7 Å². The summed E-state index contributed by atoms with van der Waals surface area (Å²) in [6.45, 7) is 0. The third-order valence-electron chi connectivity index (χ3n) is 5.12. The van der Waals surface area contributed by atoms with Gasteiger partial charge in [-0.2, -0.15) is 0 Å². The van der Waals surface area contributed by atoms with Crippen molar-refractivity contribution in [2.45, 2.75) is 0 Å². The normalized spacial score (nSPS) is 11.3. The first-order valence-electron chi connectivity index (χ1n) is 10.1. The SMILES string of the molecule is COc1ccc(C(=O)C(=Cc2cc(OC)c(OC)c(OC)c2)c2nc3ccccc3o2)cc1. The van der Waals surface area contributed by atoms with E-state index in [4.69, 9.17) is 23.4 Å². The van der Waals surface area contributed by atoms with Gasteiger partial charge >= 0.3 is 0 Å². The number of oxazole rings is 1. The number of ether oxygens (including phenoxy) is 4. The number of carbonyl (C=O) groups excluding carboxylic acids is 1. The van der Waals surface area contributed by atoms with Crippen molar-refractivity contribution < 1.29 is 28.2 Å². The Labute approximate surface area is 191 Å². The van der Waals surface area contributed by atoms with Crippen molar-refractivity contribution in [1.82, 2.24) is 4.98 Å². The molecular formula is C26H23NO6. The van der Waals surface area contributed by atoms with Crippen LogP contribution in [0.4, 0.5) is 0 Å². The molecule has 0 saturated carbocycles. The number of aromatic nitrogens is 1. The smallest absolute Gasteiger partial charge is 0.231 e. The third-order valence-corrected chi connectivity index (χ3v) is 5.12. The lowest BCUT2D eigenvalue weighted by Crippen LogP contribution is -2.04. The molecule has 1 aromatic heterocycles.